The van der Waals surface area contributed by atoms with Crippen LogP contribution in [0.4, 0.5) is 5.69 Å². The molecule has 1 heterocycles. The van der Waals surface area contributed by atoms with Crippen LogP contribution in [0.5, 0.6) is 0 Å². The van der Waals surface area contributed by atoms with E-state index < -0.39 is 0 Å². The molecule has 1 N–H and O–H groups in total. The van der Waals surface area contributed by atoms with Gasteiger partial charge in [0.1, 0.15) is 10.2 Å². The van der Waals surface area contributed by atoms with E-state index in [4.69, 9.17) is 4.84 Å². The van der Waals surface area contributed by atoms with E-state index in [0.717, 1.165) is 15.9 Å². The fourth-order valence-corrected chi connectivity index (χ4v) is 1.62. The van der Waals surface area contributed by atoms with E-state index in [0.29, 0.717) is 0 Å². The molecule has 0 saturated heterocycles. The van der Waals surface area contributed by atoms with E-state index in [1.165, 1.54) is 11.5 Å². The van der Waals surface area contributed by atoms with Crippen LogP contribution in [0.2, 0.25) is 0 Å². The predicted octanol–water partition coefficient (Wildman–Crippen LogP) is 1.66. The molecule has 5 heteroatoms. The van der Waals surface area contributed by atoms with Crippen molar-refractivity contribution in [1.82, 2.24) is 9.59 Å². The molecule has 2 aromatic rings. The van der Waals surface area contributed by atoms with Crippen LogP contribution in [0.15, 0.2) is 18.2 Å². The monoisotopic (exact) mass is 181 g/mol. The molecule has 62 valence electrons. The second kappa shape index (κ2) is 3.04. The van der Waals surface area contributed by atoms with Gasteiger partial charge in [0.05, 0.1) is 12.8 Å². The summed E-state index contributed by atoms with van der Waals surface area (Å²) in [4.78, 5) is 4.81. The third-order valence-electron chi connectivity index (χ3n) is 1.49. The minimum atomic E-state index is 0.891. The molecule has 0 aliphatic rings. The number of hydrogen-bond acceptors (Lipinski definition) is 5. The smallest absolute Gasteiger partial charge is 0.108 e. The van der Waals surface area contributed by atoms with Gasteiger partial charge in [-0.05, 0) is 23.7 Å². The van der Waals surface area contributed by atoms with Crippen LogP contribution in [0.3, 0.4) is 0 Å². The molecule has 12 heavy (non-hydrogen) atoms. The van der Waals surface area contributed by atoms with Gasteiger partial charge in [0.15, 0.2) is 0 Å². The average molecular weight is 181 g/mol. The van der Waals surface area contributed by atoms with Crippen molar-refractivity contribution < 1.29 is 4.84 Å². The van der Waals surface area contributed by atoms with Gasteiger partial charge in [-0.1, -0.05) is 10.6 Å². The summed E-state index contributed by atoms with van der Waals surface area (Å²) in [5.41, 5.74) is 4.57. The van der Waals surface area contributed by atoms with Crippen LogP contribution in [-0.2, 0) is 4.84 Å². The van der Waals surface area contributed by atoms with E-state index in [1.807, 2.05) is 18.2 Å². The van der Waals surface area contributed by atoms with Crippen molar-refractivity contribution in [3.8, 4) is 0 Å². The number of nitrogens with one attached hydrogen (secondary N) is 1. The zero-order valence-corrected chi connectivity index (χ0v) is 7.26. The van der Waals surface area contributed by atoms with Gasteiger partial charge in [0.2, 0.25) is 0 Å². The van der Waals surface area contributed by atoms with Gasteiger partial charge in [-0.2, -0.15) is 0 Å². The van der Waals surface area contributed by atoms with Crippen molar-refractivity contribution in [1.29, 1.82) is 0 Å². The topological polar surface area (TPSA) is 47.0 Å². The molecule has 1 aromatic heterocycles. The number of nitrogens with zero attached hydrogens (tertiary/aromatic N) is 2. The van der Waals surface area contributed by atoms with E-state index >= 15 is 0 Å². The van der Waals surface area contributed by atoms with Gasteiger partial charge >= 0.3 is 0 Å². The molecule has 2 rings (SSSR count). The van der Waals surface area contributed by atoms with E-state index in [-0.39, 0.29) is 0 Å². The van der Waals surface area contributed by atoms with Crippen molar-refractivity contribution in [3.05, 3.63) is 18.2 Å². The van der Waals surface area contributed by atoms with Gasteiger partial charge in [0, 0.05) is 0 Å². The van der Waals surface area contributed by atoms with Gasteiger partial charge in [-0.25, -0.2) is 0 Å². The Morgan fingerprint density at radius 3 is 3.25 bits per heavy atom. The Balaban J connectivity index is 2.57. The molecule has 0 bridgehead atoms. The first-order valence-corrected chi connectivity index (χ1v) is 4.19. The lowest BCUT2D eigenvalue weighted by Gasteiger charge is -2.01. The van der Waals surface area contributed by atoms with E-state index in [1.54, 1.807) is 7.11 Å². The zero-order chi connectivity index (χ0) is 8.39. The Bertz CT molecular complexity index is 387. The molecular weight excluding hydrogens is 174 g/mol. The van der Waals surface area contributed by atoms with Crippen LogP contribution in [0, 0.1) is 0 Å². The highest BCUT2D eigenvalue weighted by atomic mass is 32.1. The summed E-state index contributed by atoms with van der Waals surface area (Å²) in [6.07, 6.45) is 0. The maximum absolute atomic E-state index is 4.81. The van der Waals surface area contributed by atoms with Crippen LogP contribution in [0.1, 0.15) is 0 Å². The van der Waals surface area contributed by atoms with Crippen molar-refractivity contribution >= 4 is 27.4 Å². The molecule has 0 radical (unpaired) electrons. The molecule has 0 aliphatic heterocycles. The van der Waals surface area contributed by atoms with Crippen molar-refractivity contribution in [3.63, 3.8) is 0 Å². The summed E-state index contributed by atoms with van der Waals surface area (Å²) in [5.74, 6) is 0. The quantitative estimate of drug-likeness (QED) is 0.716. The first-order chi connectivity index (χ1) is 5.92. The van der Waals surface area contributed by atoms with Crippen LogP contribution in [0.25, 0.3) is 10.2 Å². The lowest BCUT2D eigenvalue weighted by atomic mass is 10.3. The highest BCUT2D eigenvalue weighted by Crippen LogP contribution is 2.24. The summed E-state index contributed by atoms with van der Waals surface area (Å²) < 4.78 is 4.85. The maximum Gasteiger partial charge on any atom is 0.108 e. The third kappa shape index (κ3) is 1.13. The molecule has 1 aromatic carbocycles. The zero-order valence-electron chi connectivity index (χ0n) is 6.44. The Morgan fingerprint density at radius 1 is 1.50 bits per heavy atom. The number of fused-ring (bicyclic) bond motifs is 1. The van der Waals surface area contributed by atoms with E-state index in [2.05, 4.69) is 15.1 Å². The molecule has 0 unspecified atom stereocenters. The minimum absolute atomic E-state index is 0.891. The number of aromatic nitrogens is 2. The minimum Gasteiger partial charge on any atom is -0.279 e. The van der Waals surface area contributed by atoms with Crippen LogP contribution < -0.4 is 5.48 Å². The predicted molar refractivity (Wildman–Crippen MR) is 48.0 cm³/mol. The van der Waals surface area contributed by atoms with Crippen molar-refractivity contribution in [2.24, 2.45) is 0 Å². The summed E-state index contributed by atoms with van der Waals surface area (Å²) in [5, 5.41) is 3.93. The maximum atomic E-state index is 4.81. The van der Waals surface area contributed by atoms with Crippen LogP contribution >= 0.6 is 11.5 Å². The van der Waals surface area contributed by atoms with Crippen molar-refractivity contribution in [2.45, 2.75) is 0 Å². The fourth-order valence-electron chi connectivity index (χ4n) is 0.995. The molecule has 4 nitrogen and oxygen atoms in total. The van der Waals surface area contributed by atoms with E-state index in [9.17, 15) is 0 Å². The highest BCUT2D eigenvalue weighted by Gasteiger charge is 2.02. The number of benzene rings is 1. The summed E-state index contributed by atoms with van der Waals surface area (Å²) >= 11 is 1.35. The standard InChI is InChI=1S/C7H7N3OS/c1-11-9-6-4-2-3-5-7(6)12-10-8-5/h2-4,9H,1H3. The first kappa shape index (κ1) is 7.45. The SMILES string of the molecule is CONc1cccc2nnsc12. The molecular formula is C7H7N3OS. The van der Waals surface area contributed by atoms with Gasteiger partial charge in [-0.15, -0.1) is 5.10 Å². The highest BCUT2D eigenvalue weighted by molar-refractivity contribution is 7.13. The fraction of sp³-hybridized carbons (Fsp3) is 0.143. The third-order valence-corrected chi connectivity index (χ3v) is 2.26. The molecule has 0 saturated carbocycles. The van der Waals surface area contributed by atoms with Gasteiger partial charge < -0.3 is 0 Å². The number of hydrogen-bond donors (Lipinski definition) is 1. The van der Waals surface area contributed by atoms with Gasteiger partial charge in [0.25, 0.3) is 0 Å². The Hall–Kier alpha value is -1.20. The molecule has 0 aliphatic carbocycles. The first-order valence-electron chi connectivity index (χ1n) is 3.42. The Labute approximate surface area is 73.3 Å². The summed E-state index contributed by atoms with van der Waals surface area (Å²) in [6.45, 7) is 0. The second-order valence-electron chi connectivity index (χ2n) is 2.23. The summed E-state index contributed by atoms with van der Waals surface area (Å²) in [6, 6.07) is 5.75. The lowest BCUT2D eigenvalue weighted by molar-refractivity contribution is 0.271. The Morgan fingerprint density at radius 2 is 2.42 bits per heavy atom. The second-order valence-corrected chi connectivity index (χ2v) is 2.99. The molecule has 0 atom stereocenters. The summed E-state index contributed by atoms with van der Waals surface area (Å²) in [7, 11) is 1.58. The number of rotatable bonds is 2. The molecule has 0 spiro atoms. The average Bonchev–Trinajstić information content (AvgIpc) is 2.53. The number of anilines is 1. The molecule has 0 fully saturated rings. The molecule has 0 amide bonds. The van der Waals surface area contributed by atoms with Crippen LogP contribution in [-0.4, -0.2) is 16.7 Å². The lowest BCUT2D eigenvalue weighted by Crippen LogP contribution is -1.94. The van der Waals surface area contributed by atoms with Crippen molar-refractivity contribution in [2.75, 3.05) is 12.6 Å². The normalized spacial score (nSPS) is 10.4. The largest absolute Gasteiger partial charge is 0.279 e. The van der Waals surface area contributed by atoms with Gasteiger partial charge in [-0.3, -0.25) is 10.3 Å². The Kier molecular flexibility index (Phi) is 1.89.